The number of nitrogens with one attached hydrogen (secondary N) is 1. The number of H-pyrrole nitrogens is 1. The molecule has 0 bridgehead atoms. The molecule has 1 unspecified atom stereocenters. The number of aromatic nitrogens is 1. The SMILES string of the molecule is COc1ccc(C2c3[nH]c4ccccc4c3C[C@H]3C(=O)N(C4CCCC4)CC(=O)N23)cc1OC. The molecule has 7 nitrogen and oxygen atoms in total. The summed E-state index contributed by atoms with van der Waals surface area (Å²) < 4.78 is 11.0. The molecule has 3 heterocycles. The van der Waals surface area contributed by atoms with Crippen molar-refractivity contribution in [1.29, 1.82) is 0 Å². The van der Waals surface area contributed by atoms with Gasteiger partial charge >= 0.3 is 0 Å². The second kappa shape index (κ2) is 8.08. The van der Waals surface area contributed by atoms with E-state index in [1.54, 1.807) is 14.2 Å². The van der Waals surface area contributed by atoms with Crippen molar-refractivity contribution >= 4 is 22.7 Å². The number of amides is 2. The number of ether oxygens (including phenoxy) is 2. The van der Waals surface area contributed by atoms with Gasteiger partial charge in [0.25, 0.3) is 0 Å². The van der Waals surface area contributed by atoms with Crippen LogP contribution in [0.25, 0.3) is 10.9 Å². The van der Waals surface area contributed by atoms with Crippen molar-refractivity contribution in [3.63, 3.8) is 0 Å². The van der Waals surface area contributed by atoms with Crippen molar-refractivity contribution in [3.8, 4) is 11.5 Å². The van der Waals surface area contributed by atoms with Gasteiger partial charge in [-0.15, -0.1) is 0 Å². The Kier molecular flexibility index (Phi) is 5.01. The molecule has 1 aliphatic carbocycles. The number of piperazine rings is 1. The molecule has 1 N–H and O–H groups in total. The van der Waals surface area contributed by atoms with Gasteiger partial charge in [0.2, 0.25) is 11.8 Å². The number of para-hydroxylation sites is 1. The molecule has 176 valence electrons. The number of fused-ring (bicyclic) bond motifs is 4. The van der Waals surface area contributed by atoms with Crippen LogP contribution in [0.1, 0.15) is 48.5 Å². The molecule has 1 saturated heterocycles. The lowest BCUT2D eigenvalue weighted by Gasteiger charge is -2.48. The molecule has 2 fully saturated rings. The molecule has 1 saturated carbocycles. The largest absolute Gasteiger partial charge is 0.493 e. The first-order chi connectivity index (χ1) is 16.6. The third kappa shape index (κ3) is 3.10. The normalized spacial score (nSPS) is 22.8. The Morgan fingerprint density at radius 1 is 0.971 bits per heavy atom. The number of nitrogens with zero attached hydrogens (tertiary/aromatic N) is 2. The monoisotopic (exact) mass is 459 g/mol. The van der Waals surface area contributed by atoms with Gasteiger partial charge in [-0.1, -0.05) is 37.1 Å². The smallest absolute Gasteiger partial charge is 0.246 e. The van der Waals surface area contributed by atoms with E-state index in [9.17, 15) is 9.59 Å². The fourth-order valence-electron chi connectivity index (χ4n) is 6.18. The Balaban J connectivity index is 1.51. The van der Waals surface area contributed by atoms with Crippen LogP contribution in [-0.4, -0.2) is 59.4 Å². The highest BCUT2D eigenvalue weighted by Gasteiger charge is 2.49. The van der Waals surface area contributed by atoms with Gasteiger partial charge in [0.1, 0.15) is 12.6 Å². The fraction of sp³-hybridized carbons (Fsp3) is 0.407. The van der Waals surface area contributed by atoms with Gasteiger partial charge in [-0.25, -0.2) is 0 Å². The van der Waals surface area contributed by atoms with E-state index in [2.05, 4.69) is 11.1 Å². The molecule has 34 heavy (non-hydrogen) atoms. The summed E-state index contributed by atoms with van der Waals surface area (Å²) in [6, 6.07) is 13.2. The minimum Gasteiger partial charge on any atom is -0.493 e. The number of benzene rings is 2. The van der Waals surface area contributed by atoms with E-state index in [1.165, 1.54) is 0 Å². The molecule has 2 atom stereocenters. The Labute approximate surface area is 198 Å². The Morgan fingerprint density at radius 2 is 1.74 bits per heavy atom. The van der Waals surface area contributed by atoms with Crippen LogP contribution in [0.15, 0.2) is 42.5 Å². The van der Waals surface area contributed by atoms with Crippen molar-refractivity contribution in [2.45, 2.75) is 50.2 Å². The maximum atomic E-state index is 13.8. The highest BCUT2D eigenvalue weighted by molar-refractivity contribution is 5.98. The van der Waals surface area contributed by atoms with Crippen LogP contribution in [-0.2, 0) is 16.0 Å². The average molecular weight is 460 g/mol. The molecule has 3 aromatic rings. The average Bonchev–Trinajstić information content (AvgIpc) is 3.53. The Hall–Kier alpha value is -3.48. The lowest BCUT2D eigenvalue weighted by atomic mass is 9.85. The molecular weight excluding hydrogens is 430 g/mol. The van der Waals surface area contributed by atoms with Gasteiger partial charge in [-0.3, -0.25) is 9.59 Å². The molecule has 1 aromatic heterocycles. The zero-order chi connectivity index (χ0) is 23.4. The van der Waals surface area contributed by atoms with Gasteiger partial charge in [-0.2, -0.15) is 0 Å². The Bertz CT molecular complexity index is 1280. The molecule has 6 rings (SSSR count). The first-order valence-corrected chi connectivity index (χ1v) is 12.0. The van der Waals surface area contributed by atoms with Crippen molar-refractivity contribution in [2.24, 2.45) is 0 Å². The number of methoxy groups -OCH3 is 2. The number of rotatable bonds is 4. The van der Waals surface area contributed by atoms with Gasteiger partial charge < -0.3 is 24.3 Å². The van der Waals surface area contributed by atoms with Gasteiger partial charge in [0.05, 0.1) is 20.3 Å². The molecule has 2 aromatic carbocycles. The second-order valence-corrected chi connectivity index (χ2v) is 9.51. The standard InChI is InChI=1S/C27H29N3O4/c1-33-22-12-11-16(13-23(22)34-2)26-25-19(18-9-5-6-10-20(18)28-25)14-21-27(32)29(15-24(31)30(21)26)17-7-3-4-8-17/h5-6,9-13,17,21,26,28H,3-4,7-8,14-15H2,1-2H3/t21-,26?/m0/s1. The molecular formula is C27H29N3O4. The summed E-state index contributed by atoms with van der Waals surface area (Å²) in [7, 11) is 3.21. The summed E-state index contributed by atoms with van der Waals surface area (Å²) in [5, 5.41) is 1.11. The van der Waals surface area contributed by atoms with Crippen LogP contribution in [0.4, 0.5) is 0 Å². The number of hydrogen-bond acceptors (Lipinski definition) is 4. The zero-order valence-corrected chi connectivity index (χ0v) is 19.5. The van der Waals surface area contributed by atoms with E-state index in [0.717, 1.165) is 53.4 Å². The summed E-state index contributed by atoms with van der Waals surface area (Å²) in [6.45, 7) is 0.152. The Morgan fingerprint density at radius 3 is 2.50 bits per heavy atom. The third-order valence-electron chi connectivity index (χ3n) is 7.78. The van der Waals surface area contributed by atoms with Crippen LogP contribution in [0.5, 0.6) is 11.5 Å². The first kappa shape index (κ1) is 21.1. The molecule has 2 amide bonds. The summed E-state index contributed by atoms with van der Waals surface area (Å²) in [5.41, 5.74) is 4.00. The highest BCUT2D eigenvalue weighted by atomic mass is 16.5. The topological polar surface area (TPSA) is 74.9 Å². The maximum absolute atomic E-state index is 13.8. The van der Waals surface area contributed by atoms with Crippen molar-refractivity contribution in [3.05, 3.63) is 59.3 Å². The van der Waals surface area contributed by atoms with E-state index < -0.39 is 12.1 Å². The van der Waals surface area contributed by atoms with Crippen LogP contribution in [0, 0.1) is 0 Å². The molecule has 2 aliphatic heterocycles. The second-order valence-electron chi connectivity index (χ2n) is 9.51. The molecule has 0 radical (unpaired) electrons. The minimum atomic E-state index is -0.508. The number of aromatic amines is 1. The van der Waals surface area contributed by atoms with E-state index in [1.807, 2.05) is 46.2 Å². The third-order valence-corrected chi connectivity index (χ3v) is 7.78. The zero-order valence-electron chi connectivity index (χ0n) is 19.5. The fourth-order valence-corrected chi connectivity index (χ4v) is 6.18. The van der Waals surface area contributed by atoms with E-state index in [-0.39, 0.29) is 24.4 Å². The number of hydrogen-bond donors (Lipinski definition) is 1. The quantitative estimate of drug-likeness (QED) is 0.644. The molecule has 7 heteroatoms. The van der Waals surface area contributed by atoms with E-state index >= 15 is 0 Å². The summed E-state index contributed by atoms with van der Waals surface area (Å²) >= 11 is 0. The van der Waals surface area contributed by atoms with Crippen molar-refractivity contribution < 1.29 is 19.1 Å². The van der Waals surface area contributed by atoms with Gasteiger partial charge in [0, 0.05) is 29.1 Å². The number of carbonyl (C=O) groups is 2. The van der Waals surface area contributed by atoms with Gasteiger partial charge in [-0.05, 0) is 42.2 Å². The minimum absolute atomic E-state index is 0.000547. The van der Waals surface area contributed by atoms with Crippen LogP contribution < -0.4 is 9.47 Å². The maximum Gasteiger partial charge on any atom is 0.246 e. The van der Waals surface area contributed by atoms with Crippen molar-refractivity contribution in [1.82, 2.24) is 14.8 Å². The summed E-state index contributed by atoms with van der Waals surface area (Å²) in [4.78, 5) is 34.8. The molecule has 0 spiro atoms. The van der Waals surface area contributed by atoms with Crippen LogP contribution in [0.2, 0.25) is 0 Å². The molecule has 3 aliphatic rings. The highest BCUT2D eigenvalue weighted by Crippen LogP contribution is 2.44. The predicted molar refractivity (Wildman–Crippen MR) is 128 cm³/mol. The van der Waals surface area contributed by atoms with Crippen LogP contribution >= 0.6 is 0 Å². The van der Waals surface area contributed by atoms with Gasteiger partial charge in [0.15, 0.2) is 11.5 Å². The van der Waals surface area contributed by atoms with Crippen LogP contribution in [0.3, 0.4) is 0 Å². The summed E-state index contributed by atoms with van der Waals surface area (Å²) in [6.07, 6.45) is 4.75. The van der Waals surface area contributed by atoms with E-state index in [0.29, 0.717) is 17.9 Å². The van der Waals surface area contributed by atoms with Crippen molar-refractivity contribution in [2.75, 3.05) is 20.8 Å². The summed E-state index contributed by atoms with van der Waals surface area (Å²) in [5.74, 6) is 1.31. The first-order valence-electron chi connectivity index (χ1n) is 12.0. The van der Waals surface area contributed by atoms with E-state index in [4.69, 9.17) is 9.47 Å². The predicted octanol–water partition coefficient (Wildman–Crippen LogP) is 3.81. The lowest BCUT2D eigenvalue weighted by molar-refractivity contribution is -0.160. The lowest BCUT2D eigenvalue weighted by Crippen LogP contribution is -2.64. The number of carbonyl (C=O) groups excluding carboxylic acids is 2.